The Labute approximate surface area is 125 Å². The van der Waals surface area contributed by atoms with E-state index >= 15 is 0 Å². The second kappa shape index (κ2) is 6.91. The van der Waals surface area contributed by atoms with Crippen molar-refractivity contribution < 1.29 is 0 Å². The van der Waals surface area contributed by atoms with Gasteiger partial charge in [0.1, 0.15) is 0 Å². The third-order valence-electron chi connectivity index (χ3n) is 3.73. The number of fused-ring (bicyclic) bond motifs is 1. The number of nitrogens with one attached hydrogen (secondary N) is 1. The molecule has 0 spiro atoms. The number of hydrogen-bond donors (Lipinski definition) is 1. The summed E-state index contributed by atoms with van der Waals surface area (Å²) in [6.07, 6.45) is 4.05. The molecule has 0 amide bonds. The summed E-state index contributed by atoms with van der Waals surface area (Å²) in [5.74, 6) is 2.40. The second-order valence-electron chi connectivity index (χ2n) is 5.10. The lowest BCUT2D eigenvalue weighted by Gasteiger charge is -2.18. The van der Waals surface area contributed by atoms with E-state index in [0.29, 0.717) is 6.04 Å². The molecule has 1 aromatic heterocycles. The fourth-order valence-electron chi connectivity index (χ4n) is 2.66. The van der Waals surface area contributed by atoms with Gasteiger partial charge in [-0.25, -0.2) is 0 Å². The molecule has 104 valence electrons. The van der Waals surface area contributed by atoms with Crippen molar-refractivity contribution in [3.63, 3.8) is 0 Å². The average Bonchev–Trinajstić information content (AvgIpc) is 2.71. The maximum atomic E-state index is 4.38. The maximum Gasteiger partial charge on any atom is 0.0416 e. The number of hydrogen-bond acceptors (Lipinski definition) is 3. The zero-order chi connectivity index (χ0) is 13.6. The standard InChI is InChI=1S/C17H20N2S/c1-2-7-16-14(5-1)9-12-20-13-17(16)19-11-8-15-6-3-4-10-18-15/h1-7,10,17,19H,8-9,11-13H2/t17-/m0/s1. The number of aromatic nitrogens is 1. The Morgan fingerprint density at radius 2 is 2.05 bits per heavy atom. The quantitative estimate of drug-likeness (QED) is 0.933. The van der Waals surface area contributed by atoms with Crippen molar-refractivity contribution in [2.24, 2.45) is 0 Å². The molecule has 3 rings (SSSR count). The van der Waals surface area contributed by atoms with E-state index in [-0.39, 0.29) is 0 Å². The van der Waals surface area contributed by atoms with Crippen LogP contribution in [0.1, 0.15) is 22.9 Å². The van der Waals surface area contributed by atoms with Gasteiger partial charge < -0.3 is 5.32 Å². The van der Waals surface area contributed by atoms with Gasteiger partial charge in [-0.3, -0.25) is 4.98 Å². The third-order valence-corrected chi connectivity index (χ3v) is 4.79. The third kappa shape index (κ3) is 3.41. The Balaban J connectivity index is 1.62. The van der Waals surface area contributed by atoms with Crippen LogP contribution in [0.3, 0.4) is 0 Å². The predicted molar refractivity (Wildman–Crippen MR) is 86.2 cm³/mol. The SMILES string of the molecule is c1ccc(CCN[C@H]2CSCCc3ccccc32)nc1. The highest BCUT2D eigenvalue weighted by atomic mass is 32.2. The highest BCUT2D eigenvalue weighted by molar-refractivity contribution is 7.99. The Bertz CT molecular complexity index is 542. The first kappa shape index (κ1) is 13.7. The van der Waals surface area contributed by atoms with Crippen LogP contribution in [0, 0.1) is 0 Å². The zero-order valence-corrected chi connectivity index (χ0v) is 12.4. The Morgan fingerprint density at radius 1 is 1.15 bits per heavy atom. The van der Waals surface area contributed by atoms with Crippen molar-refractivity contribution in [1.29, 1.82) is 0 Å². The Kier molecular flexibility index (Phi) is 4.72. The molecule has 0 fully saturated rings. The van der Waals surface area contributed by atoms with Crippen LogP contribution in [0.15, 0.2) is 48.7 Å². The van der Waals surface area contributed by atoms with Crippen LogP contribution in [0.4, 0.5) is 0 Å². The number of aryl methyl sites for hydroxylation is 1. The lowest BCUT2D eigenvalue weighted by atomic mass is 9.99. The minimum absolute atomic E-state index is 0.474. The normalized spacial score (nSPS) is 18.3. The molecule has 0 saturated heterocycles. The zero-order valence-electron chi connectivity index (χ0n) is 11.6. The first-order chi connectivity index (χ1) is 9.93. The number of nitrogens with zero attached hydrogens (tertiary/aromatic N) is 1. The van der Waals surface area contributed by atoms with Gasteiger partial charge in [-0.2, -0.15) is 11.8 Å². The van der Waals surface area contributed by atoms with Crippen molar-refractivity contribution >= 4 is 11.8 Å². The van der Waals surface area contributed by atoms with Crippen LogP contribution in [0.5, 0.6) is 0 Å². The maximum absolute atomic E-state index is 4.38. The molecule has 2 heterocycles. The molecule has 0 unspecified atom stereocenters. The number of pyridine rings is 1. The molecule has 1 atom stereocenters. The molecule has 1 N–H and O–H groups in total. The van der Waals surface area contributed by atoms with Crippen molar-refractivity contribution in [3.8, 4) is 0 Å². The Hall–Kier alpha value is -1.32. The van der Waals surface area contributed by atoms with E-state index in [1.165, 1.54) is 29.1 Å². The minimum atomic E-state index is 0.474. The highest BCUT2D eigenvalue weighted by Crippen LogP contribution is 2.27. The molecule has 20 heavy (non-hydrogen) atoms. The lowest BCUT2D eigenvalue weighted by Crippen LogP contribution is -2.26. The molecule has 0 bridgehead atoms. The minimum Gasteiger partial charge on any atom is -0.309 e. The molecular weight excluding hydrogens is 264 g/mol. The summed E-state index contributed by atoms with van der Waals surface area (Å²) >= 11 is 2.05. The summed E-state index contributed by atoms with van der Waals surface area (Å²) in [5, 5.41) is 3.71. The van der Waals surface area contributed by atoms with E-state index in [1.54, 1.807) is 0 Å². The molecule has 1 aliphatic heterocycles. The Morgan fingerprint density at radius 3 is 2.95 bits per heavy atom. The van der Waals surface area contributed by atoms with E-state index in [0.717, 1.165) is 18.7 Å². The highest BCUT2D eigenvalue weighted by Gasteiger charge is 2.17. The topological polar surface area (TPSA) is 24.9 Å². The van der Waals surface area contributed by atoms with Crippen LogP contribution in [0.2, 0.25) is 0 Å². The second-order valence-corrected chi connectivity index (χ2v) is 6.25. The van der Waals surface area contributed by atoms with Gasteiger partial charge >= 0.3 is 0 Å². The predicted octanol–water partition coefficient (Wildman–Crippen LogP) is 3.24. The first-order valence-electron chi connectivity index (χ1n) is 7.22. The van der Waals surface area contributed by atoms with Crippen molar-refractivity contribution in [1.82, 2.24) is 10.3 Å². The van der Waals surface area contributed by atoms with Crippen LogP contribution in [0.25, 0.3) is 0 Å². The number of rotatable bonds is 4. The van der Waals surface area contributed by atoms with Gasteiger partial charge in [0.05, 0.1) is 0 Å². The van der Waals surface area contributed by atoms with E-state index < -0.39 is 0 Å². The van der Waals surface area contributed by atoms with Crippen LogP contribution in [-0.2, 0) is 12.8 Å². The van der Waals surface area contributed by atoms with E-state index in [1.807, 2.05) is 24.0 Å². The fraction of sp³-hybridized carbons (Fsp3) is 0.353. The molecule has 2 aromatic rings. The summed E-state index contributed by atoms with van der Waals surface area (Å²) in [5.41, 5.74) is 4.15. The molecule has 1 aliphatic rings. The molecule has 0 saturated carbocycles. The monoisotopic (exact) mass is 284 g/mol. The smallest absolute Gasteiger partial charge is 0.0416 e. The van der Waals surface area contributed by atoms with Gasteiger partial charge in [-0.15, -0.1) is 0 Å². The van der Waals surface area contributed by atoms with Gasteiger partial charge in [0.2, 0.25) is 0 Å². The number of benzene rings is 1. The molecule has 0 radical (unpaired) electrons. The van der Waals surface area contributed by atoms with Crippen molar-refractivity contribution in [2.75, 3.05) is 18.1 Å². The summed E-state index contributed by atoms with van der Waals surface area (Å²) < 4.78 is 0. The van der Waals surface area contributed by atoms with Crippen molar-refractivity contribution in [3.05, 3.63) is 65.5 Å². The average molecular weight is 284 g/mol. The summed E-state index contributed by atoms with van der Waals surface area (Å²) in [7, 11) is 0. The molecule has 0 aliphatic carbocycles. The molecule has 1 aromatic carbocycles. The largest absolute Gasteiger partial charge is 0.309 e. The lowest BCUT2D eigenvalue weighted by molar-refractivity contribution is 0.579. The van der Waals surface area contributed by atoms with E-state index in [9.17, 15) is 0 Å². The summed E-state index contributed by atoms with van der Waals surface area (Å²) in [6, 6.07) is 15.4. The molecule has 3 heteroatoms. The van der Waals surface area contributed by atoms with Crippen LogP contribution >= 0.6 is 11.8 Å². The van der Waals surface area contributed by atoms with Gasteiger partial charge in [0.25, 0.3) is 0 Å². The number of thioether (sulfide) groups is 1. The summed E-state index contributed by atoms with van der Waals surface area (Å²) in [4.78, 5) is 4.38. The molecular formula is C17H20N2S. The fourth-order valence-corrected chi connectivity index (χ4v) is 3.73. The van der Waals surface area contributed by atoms with Crippen LogP contribution < -0.4 is 5.32 Å². The summed E-state index contributed by atoms with van der Waals surface area (Å²) in [6.45, 7) is 0.983. The van der Waals surface area contributed by atoms with E-state index in [4.69, 9.17) is 0 Å². The first-order valence-corrected chi connectivity index (χ1v) is 8.38. The van der Waals surface area contributed by atoms with Gasteiger partial charge in [0, 0.05) is 36.7 Å². The van der Waals surface area contributed by atoms with Gasteiger partial charge in [-0.05, 0) is 35.4 Å². The van der Waals surface area contributed by atoms with Crippen LogP contribution in [-0.4, -0.2) is 23.0 Å². The van der Waals surface area contributed by atoms with Crippen molar-refractivity contribution in [2.45, 2.75) is 18.9 Å². The van der Waals surface area contributed by atoms with Gasteiger partial charge in [-0.1, -0.05) is 30.3 Å². The van der Waals surface area contributed by atoms with E-state index in [2.05, 4.69) is 46.7 Å². The molecule has 2 nitrogen and oxygen atoms in total. The van der Waals surface area contributed by atoms with Gasteiger partial charge in [0.15, 0.2) is 0 Å².